The van der Waals surface area contributed by atoms with Crippen molar-refractivity contribution in [3.63, 3.8) is 0 Å². The number of carbonyl (C=O) groups is 1. The van der Waals surface area contributed by atoms with Gasteiger partial charge >= 0.3 is 0 Å². The summed E-state index contributed by atoms with van der Waals surface area (Å²) in [6.07, 6.45) is 3.02. The number of nitrogens with one attached hydrogen (secondary N) is 1. The molecule has 1 heterocycles. The zero-order valence-corrected chi connectivity index (χ0v) is 10.5. The van der Waals surface area contributed by atoms with E-state index in [2.05, 4.69) is 5.32 Å². The molecule has 1 amide bonds. The summed E-state index contributed by atoms with van der Waals surface area (Å²) in [4.78, 5) is 22.2. The summed E-state index contributed by atoms with van der Waals surface area (Å²) in [5.74, 6) is -0.412. The monoisotopic (exact) mass is 264 g/mol. The van der Waals surface area contributed by atoms with Crippen molar-refractivity contribution in [1.29, 1.82) is 0 Å². The first kappa shape index (κ1) is 13.5. The van der Waals surface area contributed by atoms with E-state index in [1.807, 2.05) is 0 Å². The van der Waals surface area contributed by atoms with Gasteiger partial charge in [-0.15, -0.1) is 0 Å². The third-order valence-corrected chi connectivity index (χ3v) is 3.12. The summed E-state index contributed by atoms with van der Waals surface area (Å²) >= 11 is 0. The number of hydrogen-bond acceptors (Lipinski definition) is 4. The molecule has 0 unspecified atom stereocenters. The van der Waals surface area contributed by atoms with Crippen LogP contribution in [0.2, 0.25) is 0 Å². The zero-order chi connectivity index (χ0) is 13.7. The van der Waals surface area contributed by atoms with Gasteiger partial charge in [0.05, 0.1) is 11.0 Å². The lowest BCUT2D eigenvalue weighted by Crippen LogP contribution is -2.27. The van der Waals surface area contributed by atoms with E-state index in [1.165, 1.54) is 12.1 Å². The van der Waals surface area contributed by atoms with Crippen molar-refractivity contribution in [3.05, 3.63) is 39.9 Å². The van der Waals surface area contributed by atoms with Crippen LogP contribution in [0.25, 0.3) is 0 Å². The number of para-hydroxylation sites is 1. The predicted molar refractivity (Wildman–Crippen MR) is 69.0 cm³/mol. The van der Waals surface area contributed by atoms with Crippen LogP contribution in [0.3, 0.4) is 0 Å². The summed E-state index contributed by atoms with van der Waals surface area (Å²) in [6, 6.07) is 5.94. The maximum atomic E-state index is 11.9. The fraction of sp³-hybridized carbons (Fsp3) is 0.462. The minimum atomic E-state index is -0.547. The van der Waals surface area contributed by atoms with Gasteiger partial charge in [-0.2, -0.15) is 0 Å². The fourth-order valence-corrected chi connectivity index (χ4v) is 2.14. The van der Waals surface area contributed by atoms with Gasteiger partial charge in [0.1, 0.15) is 5.56 Å². The highest BCUT2D eigenvalue weighted by atomic mass is 16.6. The van der Waals surface area contributed by atoms with Gasteiger partial charge in [0, 0.05) is 19.2 Å². The van der Waals surface area contributed by atoms with Crippen LogP contribution in [0, 0.1) is 10.1 Å². The van der Waals surface area contributed by atoms with Gasteiger partial charge < -0.3 is 10.1 Å². The third-order valence-electron chi connectivity index (χ3n) is 3.12. The molecule has 1 fully saturated rings. The lowest BCUT2D eigenvalue weighted by molar-refractivity contribution is -0.385. The molecular formula is C13H16N2O4. The molecule has 6 nitrogen and oxygen atoms in total. The van der Waals surface area contributed by atoms with Crippen LogP contribution in [0.4, 0.5) is 5.69 Å². The van der Waals surface area contributed by atoms with Crippen molar-refractivity contribution in [2.45, 2.75) is 25.4 Å². The Kier molecular flexibility index (Phi) is 4.46. The summed E-state index contributed by atoms with van der Waals surface area (Å²) < 4.78 is 5.44. The highest BCUT2D eigenvalue weighted by Gasteiger charge is 2.20. The maximum Gasteiger partial charge on any atom is 0.282 e. The number of nitro groups is 1. The quantitative estimate of drug-likeness (QED) is 0.650. The van der Waals surface area contributed by atoms with Gasteiger partial charge in [-0.05, 0) is 25.3 Å². The fourth-order valence-electron chi connectivity index (χ4n) is 2.14. The SMILES string of the molecule is O=C(NCC[C@@H]1CCCO1)c1ccccc1[N+](=O)[O-]. The second kappa shape index (κ2) is 6.29. The summed E-state index contributed by atoms with van der Waals surface area (Å²) in [6.45, 7) is 1.25. The molecule has 1 saturated heterocycles. The van der Waals surface area contributed by atoms with E-state index in [1.54, 1.807) is 12.1 Å². The smallest absolute Gasteiger partial charge is 0.282 e. The Hall–Kier alpha value is -1.95. The largest absolute Gasteiger partial charge is 0.378 e. The number of nitrogens with zero attached hydrogens (tertiary/aromatic N) is 1. The van der Waals surface area contributed by atoms with E-state index in [-0.39, 0.29) is 17.4 Å². The van der Waals surface area contributed by atoms with Crippen molar-refractivity contribution >= 4 is 11.6 Å². The molecule has 0 aromatic heterocycles. The Balaban J connectivity index is 1.90. The standard InChI is InChI=1S/C13H16N2O4/c16-13(14-8-7-10-4-3-9-19-10)11-5-1-2-6-12(11)15(17)18/h1-2,5-6,10H,3-4,7-9H2,(H,14,16)/t10-/m0/s1. The molecular weight excluding hydrogens is 248 g/mol. The number of amides is 1. The van der Waals surface area contributed by atoms with E-state index in [0.29, 0.717) is 6.54 Å². The maximum absolute atomic E-state index is 11.9. The molecule has 1 aliphatic heterocycles. The lowest BCUT2D eigenvalue weighted by atomic mass is 10.1. The zero-order valence-electron chi connectivity index (χ0n) is 10.5. The number of rotatable bonds is 5. The second-order valence-corrected chi connectivity index (χ2v) is 4.45. The van der Waals surface area contributed by atoms with Crippen LogP contribution in [0.15, 0.2) is 24.3 Å². The minimum Gasteiger partial charge on any atom is -0.378 e. The van der Waals surface area contributed by atoms with Crippen LogP contribution in [0.1, 0.15) is 29.6 Å². The van der Waals surface area contributed by atoms with Crippen molar-refractivity contribution in [2.75, 3.05) is 13.2 Å². The summed E-state index contributed by atoms with van der Waals surface area (Å²) in [5, 5.41) is 13.5. The van der Waals surface area contributed by atoms with E-state index in [4.69, 9.17) is 4.74 Å². The van der Waals surface area contributed by atoms with Crippen LogP contribution in [0.5, 0.6) is 0 Å². The normalized spacial score (nSPS) is 18.2. The second-order valence-electron chi connectivity index (χ2n) is 4.45. The number of hydrogen-bond donors (Lipinski definition) is 1. The van der Waals surface area contributed by atoms with E-state index in [9.17, 15) is 14.9 Å². The number of benzene rings is 1. The molecule has 2 rings (SSSR count). The van der Waals surface area contributed by atoms with Crippen molar-refractivity contribution < 1.29 is 14.5 Å². The van der Waals surface area contributed by atoms with E-state index in [0.717, 1.165) is 25.9 Å². The summed E-state index contributed by atoms with van der Waals surface area (Å²) in [5.41, 5.74) is -0.0723. The van der Waals surface area contributed by atoms with Gasteiger partial charge in [0.25, 0.3) is 11.6 Å². The molecule has 0 saturated carbocycles. The Morgan fingerprint density at radius 1 is 1.47 bits per heavy atom. The van der Waals surface area contributed by atoms with Crippen LogP contribution >= 0.6 is 0 Å². The Morgan fingerprint density at radius 2 is 2.26 bits per heavy atom. The molecule has 1 atom stereocenters. The number of ether oxygens (including phenoxy) is 1. The molecule has 1 aliphatic rings. The molecule has 1 aromatic rings. The highest BCUT2D eigenvalue weighted by molar-refractivity contribution is 5.98. The Labute approximate surface area is 110 Å². The minimum absolute atomic E-state index is 0.0971. The molecule has 102 valence electrons. The average molecular weight is 264 g/mol. The van der Waals surface area contributed by atoms with Crippen LogP contribution in [-0.4, -0.2) is 30.1 Å². The van der Waals surface area contributed by atoms with Gasteiger partial charge in [-0.3, -0.25) is 14.9 Å². The van der Waals surface area contributed by atoms with Crippen molar-refractivity contribution in [1.82, 2.24) is 5.32 Å². The van der Waals surface area contributed by atoms with Crippen molar-refractivity contribution in [3.8, 4) is 0 Å². The first-order valence-corrected chi connectivity index (χ1v) is 6.31. The topological polar surface area (TPSA) is 81.5 Å². The molecule has 1 aromatic carbocycles. The van der Waals surface area contributed by atoms with E-state index < -0.39 is 10.8 Å². The molecule has 19 heavy (non-hydrogen) atoms. The molecule has 0 radical (unpaired) electrons. The number of nitro benzene ring substituents is 1. The summed E-state index contributed by atoms with van der Waals surface area (Å²) in [7, 11) is 0. The molecule has 0 aliphatic carbocycles. The average Bonchev–Trinajstić information content (AvgIpc) is 2.91. The Bertz CT molecular complexity index is 469. The first-order chi connectivity index (χ1) is 9.18. The first-order valence-electron chi connectivity index (χ1n) is 6.31. The Morgan fingerprint density at radius 3 is 2.95 bits per heavy atom. The third kappa shape index (κ3) is 3.51. The van der Waals surface area contributed by atoms with Gasteiger partial charge in [-0.1, -0.05) is 12.1 Å². The van der Waals surface area contributed by atoms with Gasteiger partial charge in [-0.25, -0.2) is 0 Å². The van der Waals surface area contributed by atoms with E-state index >= 15 is 0 Å². The molecule has 6 heteroatoms. The van der Waals surface area contributed by atoms with Gasteiger partial charge in [0.15, 0.2) is 0 Å². The van der Waals surface area contributed by atoms with Crippen LogP contribution in [-0.2, 0) is 4.74 Å². The molecule has 0 spiro atoms. The number of carbonyl (C=O) groups excluding carboxylic acids is 1. The van der Waals surface area contributed by atoms with Gasteiger partial charge in [0.2, 0.25) is 0 Å². The lowest BCUT2D eigenvalue weighted by Gasteiger charge is -2.10. The predicted octanol–water partition coefficient (Wildman–Crippen LogP) is 1.89. The van der Waals surface area contributed by atoms with Crippen molar-refractivity contribution in [2.24, 2.45) is 0 Å². The van der Waals surface area contributed by atoms with Crippen LogP contribution < -0.4 is 5.32 Å². The molecule has 0 bridgehead atoms. The highest BCUT2D eigenvalue weighted by Crippen LogP contribution is 2.18. The molecule has 1 N–H and O–H groups in total.